The molecule has 0 aromatic carbocycles. The first-order valence-corrected chi connectivity index (χ1v) is 4.75. The van der Waals surface area contributed by atoms with Gasteiger partial charge in [-0.15, -0.1) is 0 Å². The maximum atomic E-state index is 12.5. The molecule has 0 atom stereocenters. The summed E-state index contributed by atoms with van der Waals surface area (Å²) >= 11 is 0. The monoisotopic (exact) mass is 262 g/mol. The Morgan fingerprint density at radius 3 is 2.67 bits per heavy atom. The van der Waals surface area contributed by atoms with Crippen LogP contribution in [-0.2, 0) is 4.74 Å². The third kappa shape index (κ3) is 2.67. The molecule has 7 nitrogen and oxygen atoms in total. The van der Waals surface area contributed by atoms with Crippen molar-refractivity contribution in [2.24, 2.45) is 0 Å². The topological polar surface area (TPSA) is 102 Å². The maximum absolute atomic E-state index is 12.5. The van der Waals surface area contributed by atoms with E-state index in [9.17, 15) is 28.5 Å². The first kappa shape index (κ1) is 13.7. The van der Waals surface area contributed by atoms with E-state index in [1.165, 1.54) is 6.92 Å². The van der Waals surface area contributed by atoms with E-state index in [0.29, 0.717) is 6.07 Å². The number of hydrogen-bond acceptors (Lipinski definition) is 5. The molecule has 18 heavy (non-hydrogen) atoms. The number of nitro groups is 1. The Labute approximate surface area is 98.5 Å². The van der Waals surface area contributed by atoms with Crippen molar-refractivity contribution in [2.75, 3.05) is 6.61 Å². The summed E-state index contributed by atoms with van der Waals surface area (Å²) in [5.74, 6) is -1.11. The highest BCUT2D eigenvalue weighted by molar-refractivity contribution is 5.89. The van der Waals surface area contributed by atoms with Gasteiger partial charge in [0.25, 0.3) is 17.7 Å². The normalized spacial score (nSPS) is 10.4. The number of aromatic nitrogens is 1. The van der Waals surface area contributed by atoms with E-state index in [2.05, 4.69) is 4.74 Å². The van der Waals surface area contributed by atoms with Crippen molar-refractivity contribution < 1.29 is 23.2 Å². The van der Waals surface area contributed by atoms with Gasteiger partial charge in [0.05, 0.1) is 11.5 Å². The summed E-state index contributed by atoms with van der Waals surface area (Å²) < 4.78 is 29.4. The largest absolute Gasteiger partial charge is 0.462 e. The average molecular weight is 262 g/mol. The molecule has 98 valence electrons. The molecule has 9 heteroatoms. The number of halogens is 2. The number of alkyl halides is 2. The Morgan fingerprint density at radius 1 is 1.61 bits per heavy atom. The number of ether oxygens (including phenoxy) is 1. The zero-order valence-electron chi connectivity index (χ0n) is 9.11. The van der Waals surface area contributed by atoms with Crippen LogP contribution in [0.15, 0.2) is 10.9 Å². The van der Waals surface area contributed by atoms with E-state index in [1.54, 1.807) is 4.98 Å². The summed E-state index contributed by atoms with van der Waals surface area (Å²) in [6.45, 7) is 1.41. The molecule has 0 spiro atoms. The third-order valence-electron chi connectivity index (χ3n) is 1.96. The quantitative estimate of drug-likeness (QED) is 0.502. The van der Waals surface area contributed by atoms with Gasteiger partial charge in [-0.3, -0.25) is 14.9 Å². The summed E-state index contributed by atoms with van der Waals surface area (Å²) in [6.07, 6.45) is -3.23. The van der Waals surface area contributed by atoms with Crippen LogP contribution in [0.5, 0.6) is 0 Å². The molecule has 0 aliphatic carbocycles. The highest BCUT2D eigenvalue weighted by Crippen LogP contribution is 2.26. The molecule has 0 aliphatic heterocycles. The number of rotatable bonds is 4. The van der Waals surface area contributed by atoms with Gasteiger partial charge in [0, 0.05) is 6.07 Å². The molecule has 1 rings (SSSR count). The molecule has 0 aliphatic rings. The van der Waals surface area contributed by atoms with Gasteiger partial charge in [-0.1, -0.05) is 0 Å². The standard InChI is InChI=1S/C9H8F2N2O5/c1-2-18-9(15)4-3-5(13(16)17)6(7(10)11)12-8(4)14/h3,7H,2H2,1H3,(H,12,14). The fourth-order valence-corrected chi connectivity index (χ4v) is 1.21. The van der Waals surface area contributed by atoms with Crippen molar-refractivity contribution in [2.45, 2.75) is 13.3 Å². The van der Waals surface area contributed by atoms with Crippen LogP contribution in [0.3, 0.4) is 0 Å². The lowest BCUT2D eigenvalue weighted by atomic mass is 10.2. The number of esters is 1. The molecule has 0 radical (unpaired) electrons. The first-order chi connectivity index (χ1) is 8.38. The minimum atomic E-state index is -3.23. The molecule has 0 saturated carbocycles. The highest BCUT2D eigenvalue weighted by atomic mass is 19.3. The van der Waals surface area contributed by atoms with Gasteiger partial charge in [0.15, 0.2) is 5.69 Å². The molecular weight excluding hydrogens is 254 g/mol. The van der Waals surface area contributed by atoms with Gasteiger partial charge in [0.2, 0.25) is 0 Å². The zero-order chi connectivity index (χ0) is 13.9. The van der Waals surface area contributed by atoms with Crippen molar-refractivity contribution in [3.63, 3.8) is 0 Å². The van der Waals surface area contributed by atoms with E-state index in [1.807, 2.05) is 0 Å². The number of hydrogen-bond donors (Lipinski definition) is 1. The fourth-order valence-electron chi connectivity index (χ4n) is 1.21. The number of H-pyrrole nitrogens is 1. The van der Waals surface area contributed by atoms with E-state index >= 15 is 0 Å². The van der Waals surface area contributed by atoms with Crippen LogP contribution in [0.2, 0.25) is 0 Å². The molecular formula is C9H8F2N2O5. The van der Waals surface area contributed by atoms with Crippen LogP contribution in [0.1, 0.15) is 29.4 Å². The number of nitrogens with zero attached hydrogens (tertiary/aromatic N) is 1. The number of carbonyl (C=O) groups excluding carboxylic acids is 1. The predicted octanol–water partition coefficient (Wildman–Crippen LogP) is 1.40. The molecule has 1 aromatic heterocycles. The SMILES string of the molecule is CCOC(=O)c1cc([N+](=O)[O-])c(C(F)F)[nH]c1=O. The summed E-state index contributed by atoms with van der Waals surface area (Å²) in [4.78, 5) is 33.7. The summed E-state index contributed by atoms with van der Waals surface area (Å²) in [5.41, 5.74) is -4.02. The number of pyridine rings is 1. The van der Waals surface area contributed by atoms with E-state index in [4.69, 9.17) is 0 Å². The second-order valence-electron chi connectivity index (χ2n) is 3.09. The Balaban J connectivity index is 3.41. The van der Waals surface area contributed by atoms with E-state index in [0.717, 1.165) is 0 Å². The van der Waals surface area contributed by atoms with Gasteiger partial charge in [-0.2, -0.15) is 0 Å². The Morgan fingerprint density at radius 2 is 2.22 bits per heavy atom. The Kier molecular flexibility index (Phi) is 4.08. The van der Waals surface area contributed by atoms with Crippen molar-refractivity contribution in [3.8, 4) is 0 Å². The van der Waals surface area contributed by atoms with Gasteiger partial charge in [-0.25, -0.2) is 13.6 Å². The number of nitrogens with one attached hydrogen (secondary N) is 1. The first-order valence-electron chi connectivity index (χ1n) is 4.75. The second kappa shape index (κ2) is 5.34. The van der Waals surface area contributed by atoms with Crippen LogP contribution in [0, 0.1) is 10.1 Å². The molecule has 0 fully saturated rings. The lowest BCUT2D eigenvalue weighted by Gasteiger charge is -2.04. The average Bonchev–Trinajstić information content (AvgIpc) is 2.28. The molecule has 0 amide bonds. The Hall–Kier alpha value is -2.32. The third-order valence-corrected chi connectivity index (χ3v) is 1.96. The summed E-state index contributed by atoms with van der Waals surface area (Å²) in [6, 6.07) is 0.484. The predicted molar refractivity (Wildman–Crippen MR) is 54.6 cm³/mol. The van der Waals surface area contributed by atoms with Crippen molar-refractivity contribution >= 4 is 11.7 Å². The molecule has 0 saturated heterocycles. The molecule has 0 bridgehead atoms. The van der Waals surface area contributed by atoms with Crippen LogP contribution < -0.4 is 5.56 Å². The number of carbonyl (C=O) groups is 1. The van der Waals surface area contributed by atoms with Crippen molar-refractivity contribution in [3.05, 3.63) is 37.8 Å². The van der Waals surface area contributed by atoms with Crippen LogP contribution >= 0.6 is 0 Å². The van der Waals surface area contributed by atoms with E-state index < -0.39 is 39.8 Å². The lowest BCUT2D eigenvalue weighted by Crippen LogP contribution is -2.22. The smallest absolute Gasteiger partial charge is 0.344 e. The van der Waals surface area contributed by atoms with Crippen molar-refractivity contribution in [1.29, 1.82) is 0 Å². The number of aromatic amines is 1. The highest BCUT2D eigenvalue weighted by Gasteiger charge is 2.27. The van der Waals surface area contributed by atoms with Gasteiger partial charge < -0.3 is 9.72 Å². The molecule has 1 N–H and O–H groups in total. The molecule has 0 unspecified atom stereocenters. The lowest BCUT2D eigenvalue weighted by molar-refractivity contribution is -0.386. The van der Waals surface area contributed by atoms with Gasteiger partial charge >= 0.3 is 5.97 Å². The van der Waals surface area contributed by atoms with Crippen LogP contribution in [-0.4, -0.2) is 22.5 Å². The minimum absolute atomic E-state index is 0.0529. The van der Waals surface area contributed by atoms with E-state index in [-0.39, 0.29) is 6.61 Å². The summed E-state index contributed by atoms with van der Waals surface area (Å²) in [7, 11) is 0. The summed E-state index contributed by atoms with van der Waals surface area (Å²) in [5, 5.41) is 10.6. The van der Waals surface area contributed by atoms with Crippen molar-refractivity contribution in [1.82, 2.24) is 4.98 Å². The molecule has 1 heterocycles. The van der Waals surface area contributed by atoms with Crippen LogP contribution in [0.25, 0.3) is 0 Å². The van der Waals surface area contributed by atoms with Crippen LogP contribution in [0.4, 0.5) is 14.5 Å². The minimum Gasteiger partial charge on any atom is -0.462 e. The Bertz CT molecular complexity index is 540. The van der Waals surface area contributed by atoms with Gasteiger partial charge in [-0.05, 0) is 6.92 Å². The van der Waals surface area contributed by atoms with Gasteiger partial charge in [0.1, 0.15) is 5.56 Å². The zero-order valence-corrected chi connectivity index (χ0v) is 9.11. The fraction of sp³-hybridized carbons (Fsp3) is 0.333. The molecule has 1 aromatic rings. The maximum Gasteiger partial charge on any atom is 0.344 e. The second-order valence-corrected chi connectivity index (χ2v) is 3.09.